The Hall–Kier alpha value is -2.91. The highest BCUT2D eigenvalue weighted by atomic mass is 32.2. The molecule has 0 radical (unpaired) electrons. The van der Waals surface area contributed by atoms with E-state index < -0.39 is 21.8 Å². The number of hydrogen-bond donors (Lipinski definition) is 2. The smallest absolute Gasteiger partial charge is 0.341 e. The summed E-state index contributed by atoms with van der Waals surface area (Å²) < 4.78 is 48.6. The third-order valence-electron chi connectivity index (χ3n) is 6.48. The van der Waals surface area contributed by atoms with Gasteiger partial charge in [-0.25, -0.2) is 17.6 Å². The van der Waals surface area contributed by atoms with Gasteiger partial charge in [-0.2, -0.15) is 0 Å². The van der Waals surface area contributed by atoms with E-state index in [-0.39, 0.29) is 33.4 Å². The van der Waals surface area contributed by atoms with Gasteiger partial charge in [0.05, 0.1) is 17.2 Å². The molecule has 4 rings (SSSR count). The van der Waals surface area contributed by atoms with E-state index in [4.69, 9.17) is 4.74 Å². The van der Waals surface area contributed by atoms with E-state index in [9.17, 15) is 22.7 Å². The lowest BCUT2D eigenvalue weighted by Gasteiger charge is -2.21. The largest absolute Gasteiger partial charge is 0.492 e. The summed E-state index contributed by atoms with van der Waals surface area (Å²) in [6.07, 6.45) is 5.02. The second-order valence-corrected chi connectivity index (χ2v) is 10.3. The molecule has 7 nitrogen and oxygen atoms in total. The van der Waals surface area contributed by atoms with Crippen LogP contribution in [-0.4, -0.2) is 50.6 Å². The van der Waals surface area contributed by atoms with Crippen molar-refractivity contribution in [1.82, 2.24) is 4.90 Å². The van der Waals surface area contributed by atoms with Crippen molar-refractivity contribution in [3.63, 3.8) is 0 Å². The molecule has 2 aromatic rings. The summed E-state index contributed by atoms with van der Waals surface area (Å²) in [5.74, 6) is -0.953. The molecule has 2 atom stereocenters. The Morgan fingerprint density at radius 2 is 2.03 bits per heavy atom. The Morgan fingerprint density at radius 1 is 1.26 bits per heavy atom. The Bertz CT molecular complexity index is 1220. The molecular formula is C25H29FN2O5S. The van der Waals surface area contributed by atoms with Gasteiger partial charge in [0.15, 0.2) is 0 Å². The summed E-state index contributed by atoms with van der Waals surface area (Å²) in [6, 6.07) is 6.61. The van der Waals surface area contributed by atoms with E-state index in [1.807, 2.05) is 6.08 Å². The van der Waals surface area contributed by atoms with Crippen LogP contribution in [-0.2, 0) is 10.0 Å². The van der Waals surface area contributed by atoms with Crippen LogP contribution in [0.15, 0.2) is 41.3 Å². The first-order valence-corrected chi connectivity index (χ1v) is 13.0. The molecule has 0 spiro atoms. The van der Waals surface area contributed by atoms with Crippen molar-refractivity contribution < 1.29 is 27.4 Å². The fraction of sp³-hybridized carbons (Fsp3) is 0.400. The molecule has 0 bridgehead atoms. The zero-order valence-electron chi connectivity index (χ0n) is 19.3. The lowest BCUT2D eigenvalue weighted by Crippen LogP contribution is -2.23. The number of hydrogen-bond acceptors (Lipinski definition) is 5. The van der Waals surface area contributed by atoms with Gasteiger partial charge in [-0.15, -0.1) is 0 Å². The van der Waals surface area contributed by atoms with Gasteiger partial charge in [0, 0.05) is 12.5 Å². The molecule has 2 aromatic carbocycles. The Morgan fingerprint density at radius 3 is 2.74 bits per heavy atom. The SMILES string of the molecule is CCN(CC)CCC=Cc1cc(F)ccc1S(=O)(=O)Nc1ccc2c(c1C(=O)O)OCC1CC21. The van der Waals surface area contributed by atoms with Crippen molar-refractivity contribution in [1.29, 1.82) is 0 Å². The number of carboxylic acids is 1. The van der Waals surface area contributed by atoms with Crippen LogP contribution in [0.3, 0.4) is 0 Å². The van der Waals surface area contributed by atoms with Crippen LogP contribution in [0, 0.1) is 11.7 Å². The van der Waals surface area contributed by atoms with Crippen molar-refractivity contribution >= 4 is 27.8 Å². The molecule has 1 saturated carbocycles. The van der Waals surface area contributed by atoms with Gasteiger partial charge >= 0.3 is 5.97 Å². The molecule has 182 valence electrons. The number of benzene rings is 2. The van der Waals surface area contributed by atoms with Crippen molar-refractivity contribution in [2.24, 2.45) is 5.92 Å². The number of rotatable bonds is 10. The molecule has 0 saturated heterocycles. The fourth-order valence-corrected chi connectivity index (χ4v) is 5.70. The van der Waals surface area contributed by atoms with Crippen LogP contribution in [0.2, 0.25) is 0 Å². The van der Waals surface area contributed by atoms with E-state index >= 15 is 0 Å². The molecule has 1 aliphatic heterocycles. The second kappa shape index (κ2) is 9.76. The highest BCUT2D eigenvalue weighted by Gasteiger charge is 2.45. The van der Waals surface area contributed by atoms with Gasteiger partial charge < -0.3 is 14.7 Å². The van der Waals surface area contributed by atoms with Crippen LogP contribution in [0.4, 0.5) is 10.1 Å². The van der Waals surface area contributed by atoms with Gasteiger partial charge in [0.25, 0.3) is 10.0 Å². The highest BCUT2D eigenvalue weighted by molar-refractivity contribution is 7.92. The minimum absolute atomic E-state index is 0.0777. The third-order valence-corrected chi connectivity index (χ3v) is 7.91. The fourth-order valence-electron chi connectivity index (χ4n) is 4.45. The van der Waals surface area contributed by atoms with Crippen molar-refractivity contribution in [2.75, 3.05) is 31.0 Å². The summed E-state index contributed by atoms with van der Waals surface area (Å²) >= 11 is 0. The number of carboxylic acid groups (broad SMARTS) is 1. The molecule has 2 N–H and O–H groups in total. The van der Waals surface area contributed by atoms with Crippen molar-refractivity contribution in [2.45, 2.75) is 37.5 Å². The summed E-state index contributed by atoms with van der Waals surface area (Å²) in [7, 11) is -4.21. The minimum Gasteiger partial charge on any atom is -0.492 e. The molecule has 1 aliphatic carbocycles. The van der Waals surface area contributed by atoms with Crippen LogP contribution >= 0.6 is 0 Å². The Kier molecular flexibility index (Phi) is 6.95. The number of carbonyl (C=O) groups is 1. The highest BCUT2D eigenvalue weighted by Crippen LogP contribution is 2.55. The molecule has 1 heterocycles. The Balaban J connectivity index is 1.63. The zero-order chi connectivity index (χ0) is 24.5. The summed E-state index contributed by atoms with van der Waals surface area (Å²) in [5.41, 5.74) is 0.713. The number of fused-ring (bicyclic) bond motifs is 3. The van der Waals surface area contributed by atoms with E-state index in [1.54, 1.807) is 12.1 Å². The predicted octanol–water partition coefficient (Wildman–Crippen LogP) is 4.57. The Labute approximate surface area is 199 Å². The topological polar surface area (TPSA) is 95.9 Å². The van der Waals surface area contributed by atoms with E-state index in [1.165, 1.54) is 12.1 Å². The van der Waals surface area contributed by atoms with Gasteiger partial charge in [0.1, 0.15) is 17.1 Å². The minimum atomic E-state index is -4.21. The van der Waals surface area contributed by atoms with Crippen molar-refractivity contribution in [3.05, 3.63) is 58.9 Å². The average Bonchev–Trinajstić information content (AvgIpc) is 3.58. The van der Waals surface area contributed by atoms with Gasteiger partial charge in [0.2, 0.25) is 0 Å². The first-order chi connectivity index (χ1) is 16.2. The molecule has 34 heavy (non-hydrogen) atoms. The average molecular weight is 489 g/mol. The first-order valence-electron chi connectivity index (χ1n) is 11.5. The number of anilines is 1. The third kappa shape index (κ3) is 4.95. The van der Waals surface area contributed by atoms with E-state index in [0.29, 0.717) is 18.9 Å². The molecule has 2 unspecified atom stereocenters. The van der Waals surface area contributed by atoms with Crippen LogP contribution in [0.1, 0.15) is 54.1 Å². The molecule has 0 amide bonds. The lowest BCUT2D eigenvalue weighted by molar-refractivity contribution is 0.0692. The van der Waals surface area contributed by atoms with E-state index in [0.717, 1.165) is 43.8 Å². The molecule has 2 aliphatic rings. The standard InChI is InChI=1S/C25H29FN2O5S/c1-3-28(4-2)12-6-5-7-16-13-18(26)8-11-22(16)34(31,32)27-21-10-9-19-20-14-17(20)15-33-24(19)23(21)25(29)30/h5,7-11,13,17,20,27H,3-4,6,12,14-15H2,1-2H3,(H,29,30). The summed E-state index contributed by atoms with van der Waals surface area (Å²) in [4.78, 5) is 14.1. The number of nitrogens with zero attached hydrogens (tertiary/aromatic N) is 1. The maximum Gasteiger partial charge on any atom is 0.341 e. The van der Waals surface area contributed by atoms with Crippen molar-refractivity contribution in [3.8, 4) is 5.75 Å². The van der Waals surface area contributed by atoms with Crippen LogP contribution < -0.4 is 9.46 Å². The van der Waals surface area contributed by atoms with E-state index in [2.05, 4.69) is 23.5 Å². The van der Waals surface area contributed by atoms with Gasteiger partial charge in [-0.1, -0.05) is 32.1 Å². The zero-order valence-corrected chi connectivity index (χ0v) is 20.1. The summed E-state index contributed by atoms with van der Waals surface area (Å²) in [5, 5.41) is 9.83. The molecular weight excluding hydrogens is 459 g/mol. The summed E-state index contributed by atoms with van der Waals surface area (Å²) in [6.45, 7) is 7.18. The number of halogens is 1. The number of nitrogens with one attached hydrogen (secondary N) is 1. The first kappa shape index (κ1) is 24.2. The lowest BCUT2D eigenvalue weighted by atomic mass is 10.0. The quantitative estimate of drug-likeness (QED) is 0.509. The number of ether oxygens (including phenoxy) is 1. The number of sulfonamides is 1. The maximum absolute atomic E-state index is 14.0. The monoisotopic (exact) mass is 488 g/mol. The number of aromatic carboxylic acids is 1. The van der Waals surface area contributed by atoms with Gasteiger partial charge in [-0.05, 0) is 67.2 Å². The van der Waals surface area contributed by atoms with Crippen LogP contribution in [0.5, 0.6) is 5.75 Å². The molecule has 0 aromatic heterocycles. The van der Waals surface area contributed by atoms with Crippen LogP contribution in [0.25, 0.3) is 6.08 Å². The maximum atomic E-state index is 14.0. The second-order valence-electron chi connectivity index (χ2n) is 8.63. The normalized spacial score (nSPS) is 18.9. The molecule has 9 heteroatoms. The predicted molar refractivity (Wildman–Crippen MR) is 128 cm³/mol. The molecule has 1 fully saturated rings. The van der Waals surface area contributed by atoms with Gasteiger partial charge in [-0.3, -0.25) is 4.72 Å².